The number of nitrogens with zero attached hydrogens (tertiary/aromatic N) is 1. The van der Waals surface area contributed by atoms with Gasteiger partial charge in [0.25, 0.3) is 0 Å². The lowest BCUT2D eigenvalue weighted by molar-refractivity contribution is -0.115. The lowest BCUT2D eigenvalue weighted by atomic mass is 10.0. The normalized spacial score (nSPS) is 10.9. The largest absolute Gasteiger partial charge is 0.493 e. The Labute approximate surface area is 197 Å². The van der Waals surface area contributed by atoms with Crippen molar-refractivity contribution in [1.29, 1.82) is 0 Å². The van der Waals surface area contributed by atoms with Gasteiger partial charge in [-0.3, -0.25) is 10.1 Å². The number of ether oxygens (including phenoxy) is 2. The van der Waals surface area contributed by atoms with Crippen molar-refractivity contribution in [3.05, 3.63) is 65.0 Å². The first-order valence-corrected chi connectivity index (χ1v) is 11.3. The molecule has 0 aliphatic rings. The summed E-state index contributed by atoms with van der Waals surface area (Å²) < 4.78 is 10.6. The first-order valence-electron chi connectivity index (χ1n) is 9.97. The van der Waals surface area contributed by atoms with Crippen LogP contribution in [0.3, 0.4) is 0 Å². The molecule has 1 amide bonds. The molecular formula is C24H25N3O3S2. The number of benzene rings is 2. The molecule has 166 valence electrons. The monoisotopic (exact) mass is 467 g/mol. The van der Waals surface area contributed by atoms with Gasteiger partial charge in [0.2, 0.25) is 5.91 Å². The highest BCUT2D eigenvalue weighted by molar-refractivity contribution is 7.80. The van der Waals surface area contributed by atoms with Crippen molar-refractivity contribution in [2.45, 2.75) is 19.8 Å². The Hall–Kier alpha value is -3.23. The van der Waals surface area contributed by atoms with Gasteiger partial charge in [0, 0.05) is 17.0 Å². The molecule has 3 rings (SSSR count). The summed E-state index contributed by atoms with van der Waals surface area (Å²) in [6.07, 6.45) is 3.20. The molecule has 1 heterocycles. The number of nitrogens with one attached hydrogen (secondary N) is 2. The highest BCUT2D eigenvalue weighted by Gasteiger charge is 2.10. The van der Waals surface area contributed by atoms with E-state index in [1.165, 1.54) is 23.0 Å². The van der Waals surface area contributed by atoms with E-state index in [1.54, 1.807) is 20.3 Å². The summed E-state index contributed by atoms with van der Waals surface area (Å²) in [6, 6.07) is 13.7. The molecule has 1 aromatic heterocycles. The quantitative estimate of drug-likeness (QED) is 0.354. The van der Waals surface area contributed by atoms with Crippen LogP contribution in [0, 0.1) is 0 Å². The fraction of sp³-hybridized carbons (Fsp3) is 0.208. The smallest absolute Gasteiger partial charge is 0.250 e. The Bertz CT molecular complexity index is 1120. The standard InChI is InChI=1S/C24H25N3O3S2/c1-15(2)17-8-5-16(6-9-17)7-12-22(28)26-23(31)27-24-25-19(14-32-24)18-10-11-20(29-3)21(13-18)30-4/h5-15H,1-4H3,(H2,25,26,27,28,31). The number of thiazole rings is 1. The van der Waals surface area contributed by atoms with Gasteiger partial charge in [-0.2, -0.15) is 0 Å². The Morgan fingerprint density at radius 2 is 1.81 bits per heavy atom. The zero-order chi connectivity index (χ0) is 23.1. The van der Waals surface area contributed by atoms with Crippen LogP contribution in [0.15, 0.2) is 53.9 Å². The van der Waals surface area contributed by atoms with E-state index < -0.39 is 0 Å². The molecule has 2 aromatic carbocycles. The van der Waals surface area contributed by atoms with Gasteiger partial charge in [-0.1, -0.05) is 38.1 Å². The Morgan fingerprint density at radius 3 is 2.47 bits per heavy atom. The lowest BCUT2D eigenvalue weighted by Crippen LogP contribution is -2.32. The maximum atomic E-state index is 12.2. The maximum absolute atomic E-state index is 12.2. The number of hydrogen-bond acceptors (Lipinski definition) is 6. The van der Waals surface area contributed by atoms with Gasteiger partial charge in [-0.05, 0) is 53.5 Å². The summed E-state index contributed by atoms with van der Waals surface area (Å²) in [7, 11) is 3.18. The molecule has 8 heteroatoms. The summed E-state index contributed by atoms with van der Waals surface area (Å²) in [5, 5.41) is 8.24. The Kier molecular flexibility index (Phi) is 7.97. The third kappa shape index (κ3) is 6.15. The van der Waals surface area contributed by atoms with Gasteiger partial charge >= 0.3 is 0 Å². The Balaban J connectivity index is 1.57. The second-order valence-electron chi connectivity index (χ2n) is 7.21. The van der Waals surface area contributed by atoms with Crippen molar-refractivity contribution in [2.24, 2.45) is 0 Å². The average molecular weight is 468 g/mol. The van der Waals surface area contributed by atoms with E-state index in [9.17, 15) is 4.79 Å². The van der Waals surface area contributed by atoms with Crippen LogP contribution in [-0.4, -0.2) is 30.2 Å². The van der Waals surface area contributed by atoms with Crippen molar-refractivity contribution in [1.82, 2.24) is 10.3 Å². The number of amides is 1. The van der Waals surface area contributed by atoms with Gasteiger partial charge in [0.1, 0.15) is 0 Å². The van der Waals surface area contributed by atoms with Crippen LogP contribution in [0.4, 0.5) is 5.13 Å². The van der Waals surface area contributed by atoms with Crippen molar-refractivity contribution >= 4 is 45.8 Å². The Morgan fingerprint density at radius 1 is 1.09 bits per heavy atom. The third-order valence-electron chi connectivity index (χ3n) is 4.67. The van der Waals surface area contributed by atoms with E-state index in [-0.39, 0.29) is 11.0 Å². The molecule has 0 radical (unpaired) electrons. The molecule has 32 heavy (non-hydrogen) atoms. The topological polar surface area (TPSA) is 72.5 Å². The van der Waals surface area contributed by atoms with E-state index in [1.807, 2.05) is 35.7 Å². The number of methoxy groups -OCH3 is 2. The third-order valence-corrected chi connectivity index (χ3v) is 5.63. The molecule has 0 atom stereocenters. The van der Waals surface area contributed by atoms with E-state index in [2.05, 4.69) is 41.6 Å². The van der Waals surface area contributed by atoms with Crippen molar-refractivity contribution in [2.75, 3.05) is 19.5 Å². The minimum atomic E-state index is -0.313. The first-order chi connectivity index (χ1) is 15.4. The molecule has 6 nitrogen and oxygen atoms in total. The SMILES string of the molecule is COc1ccc(-c2csc(NC(=S)NC(=O)C=Cc3ccc(C(C)C)cc3)n2)cc1OC. The fourth-order valence-electron chi connectivity index (χ4n) is 2.91. The van der Waals surface area contributed by atoms with Crippen molar-refractivity contribution in [3.8, 4) is 22.8 Å². The molecule has 0 saturated heterocycles. The lowest BCUT2D eigenvalue weighted by Gasteiger charge is -2.08. The molecule has 0 fully saturated rings. The van der Waals surface area contributed by atoms with Gasteiger partial charge in [0.15, 0.2) is 21.7 Å². The van der Waals surface area contributed by atoms with Crippen LogP contribution in [0.25, 0.3) is 17.3 Å². The number of aromatic nitrogens is 1. The summed E-state index contributed by atoms with van der Waals surface area (Å²) in [5.41, 5.74) is 3.85. The molecule has 3 aromatic rings. The van der Waals surface area contributed by atoms with E-state index in [0.29, 0.717) is 22.5 Å². The number of rotatable bonds is 7. The molecule has 0 unspecified atom stereocenters. The molecule has 2 N–H and O–H groups in total. The van der Waals surface area contributed by atoms with E-state index in [4.69, 9.17) is 21.7 Å². The van der Waals surface area contributed by atoms with Crippen LogP contribution in [0.2, 0.25) is 0 Å². The predicted octanol–water partition coefficient (Wildman–Crippen LogP) is 5.48. The molecular weight excluding hydrogens is 442 g/mol. The molecule has 0 bridgehead atoms. The number of hydrogen-bond donors (Lipinski definition) is 2. The average Bonchev–Trinajstić information content (AvgIpc) is 3.25. The van der Waals surface area contributed by atoms with Crippen LogP contribution in [0.5, 0.6) is 11.5 Å². The maximum Gasteiger partial charge on any atom is 0.250 e. The van der Waals surface area contributed by atoms with E-state index >= 15 is 0 Å². The van der Waals surface area contributed by atoms with Gasteiger partial charge < -0.3 is 14.8 Å². The molecule has 0 saturated carbocycles. The van der Waals surface area contributed by atoms with Crippen molar-refractivity contribution in [3.63, 3.8) is 0 Å². The fourth-order valence-corrected chi connectivity index (χ4v) is 3.89. The number of carbonyl (C=O) groups is 1. The minimum absolute atomic E-state index is 0.183. The van der Waals surface area contributed by atoms with Gasteiger partial charge in [-0.15, -0.1) is 11.3 Å². The zero-order valence-electron chi connectivity index (χ0n) is 18.3. The highest BCUT2D eigenvalue weighted by Crippen LogP contribution is 2.33. The molecule has 0 aliphatic carbocycles. The van der Waals surface area contributed by atoms with E-state index in [0.717, 1.165) is 16.8 Å². The van der Waals surface area contributed by atoms with Crippen LogP contribution in [0.1, 0.15) is 30.9 Å². The number of thiocarbonyl (C=S) groups is 1. The predicted molar refractivity (Wildman–Crippen MR) is 135 cm³/mol. The van der Waals surface area contributed by atoms with Gasteiger partial charge in [-0.25, -0.2) is 4.98 Å². The number of anilines is 1. The van der Waals surface area contributed by atoms with Crippen LogP contribution >= 0.6 is 23.6 Å². The minimum Gasteiger partial charge on any atom is -0.493 e. The van der Waals surface area contributed by atoms with Crippen LogP contribution in [-0.2, 0) is 4.79 Å². The van der Waals surface area contributed by atoms with Crippen LogP contribution < -0.4 is 20.1 Å². The van der Waals surface area contributed by atoms with Crippen molar-refractivity contribution < 1.29 is 14.3 Å². The first kappa shape index (κ1) is 23.4. The molecule has 0 spiro atoms. The summed E-state index contributed by atoms with van der Waals surface area (Å²) in [5.74, 6) is 1.43. The second-order valence-corrected chi connectivity index (χ2v) is 8.47. The van der Waals surface area contributed by atoms with Gasteiger partial charge in [0.05, 0.1) is 19.9 Å². The summed E-state index contributed by atoms with van der Waals surface area (Å²) in [4.78, 5) is 16.7. The highest BCUT2D eigenvalue weighted by atomic mass is 32.1. The summed E-state index contributed by atoms with van der Waals surface area (Å²) in [6.45, 7) is 4.29. The number of carbonyl (C=O) groups excluding carboxylic acids is 1. The zero-order valence-corrected chi connectivity index (χ0v) is 20.0. The molecule has 0 aliphatic heterocycles. The second kappa shape index (κ2) is 10.9. The summed E-state index contributed by atoms with van der Waals surface area (Å²) >= 11 is 6.63.